The zero-order chi connectivity index (χ0) is 24.4. The molecule has 0 unspecified atom stereocenters. The molecular weight excluding hydrogens is 434 g/mol. The van der Waals surface area contributed by atoms with E-state index in [0.29, 0.717) is 18.8 Å². The Morgan fingerprint density at radius 1 is 1.03 bits per heavy atom. The summed E-state index contributed by atoms with van der Waals surface area (Å²) in [6, 6.07) is 14.3. The van der Waals surface area contributed by atoms with Crippen LogP contribution in [0.2, 0.25) is 0 Å². The molecule has 1 aromatic heterocycles. The number of hydrogen-bond acceptors (Lipinski definition) is 2. The Morgan fingerprint density at radius 2 is 1.77 bits per heavy atom. The summed E-state index contributed by atoms with van der Waals surface area (Å²) in [6.45, 7) is 5.32. The number of nitrogens with one attached hydrogen (secondary N) is 1. The second-order valence-corrected chi connectivity index (χ2v) is 11.1. The van der Waals surface area contributed by atoms with Crippen molar-refractivity contribution in [3.63, 3.8) is 0 Å². The van der Waals surface area contributed by atoms with Gasteiger partial charge in [-0.1, -0.05) is 48.9 Å². The first-order chi connectivity index (χ1) is 17.0. The van der Waals surface area contributed by atoms with Gasteiger partial charge in [0.1, 0.15) is 11.2 Å². The van der Waals surface area contributed by atoms with Crippen molar-refractivity contribution in [1.82, 2.24) is 14.8 Å². The van der Waals surface area contributed by atoms with E-state index < -0.39 is 5.54 Å². The standard InChI is InChI=1S/C30H39N3O2/c1-22-13-15-25(16-14-22)31-29(35)30(2)21-32-26(24-11-7-4-8-12-24)17-18-27(32)28(34)33(30)20-19-23-9-5-3-6-10-23/h4,7-9,11-12,17-18,22,25H,3,5-6,10,13-16,19-21H2,1-2H3,(H,31,35)/t22?,25?,30-/m0/s1. The molecule has 2 heterocycles. The summed E-state index contributed by atoms with van der Waals surface area (Å²) < 4.78 is 2.07. The van der Waals surface area contributed by atoms with Crippen LogP contribution in [-0.2, 0) is 11.3 Å². The van der Waals surface area contributed by atoms with Gasteiger partial charge >= 0.3 is 0 Å². The maximum atomic E-state index is 13.9. The van der Waals surface area contributed by atoms with Gasteiger partial charge in [0.15, 0.2) is 0 Å². The van der Waals surface area contributed by atoms with Gasteiger partial charge in [0.05, 0.1) is 6.54 Å². The third-order valence-electron chi connectivity index (χ3n) is 8.46. The van der Waals surface area contributed by atoms with Crippen LogP contribution in [0.3, 0.4) is 0 Å². The number of amides is 2. The van der Waals surface area contributed by atoms with Crippen molar-refractivity contribution in [3.05, 3.63) is 59.8 Å². The van der Waals surface area contributed by atoms with Crippen molar-refractivity contribution in [2.24, 2.45) is 5.92 Å². The Hall–Kier alpha value is -2.82. The Bertz CT molecular complexity index is 1090. The van der Waals surface area contributed by atoms with Gasteiger partial charge in [0.2, 0.25) is 5.91 Å². The second-order valence-electron chi connectivity index (χ2n) is 11.1. The van der Waals surface area contributed by atoms with Gasteiger partial charge in [0, 0.05) is 18.3 Å². The predicted octanol–water partition coefficient (Wildman–Crippen LogP) is 5.96. The first-order valence-corrected chi connectivity index (χ1v) is 13.5. The molecule has 5 rings (SSSR count). The lowest BCUT2D eigenvalue weighted by Gasteiger charge is -2.45. The SMILES string of the molecule is CC1CCC(NC(=O)[C@]2(C)Cn3c(ccc3-c3ccccc3)C(=O)N2CCC2=CCCCC2)CC1. The number of carbonyl (C=O) groups is 2. The van der Waals surface area contributed by atoms with E-state index in [-0.39, 0.29) is 17.9 Å². The molecule has 1 aromatic carbocycles. The number of aromatic nitrogens is 1. The Morgan fingerprint density at radius 3 is 2.49 bits per heavy atom. The lowest BCUT2D eigenvalue weighted by atomic mass is 9.86. The first-order valence-electron chi connectivity index (χ1n) is 13.5. The molecule has 0 spiro atoms. The summed E-state index contributed by atoms with van der Waals surface area (Å²) in [7, 11) is 0. The topological polar surface area (TPSA) is 54.3 Å². The molecule has 1 aliphatic heterocycles. The first kappa shape index (κ1) is 23.9. The van der Waals surface area contributed by atoms with Gasteiger partial charge in [0.25, 0.3) is 5.91 Å². The van der Waals surface area contributed by atoms with Crippen LogP contribution in [0.4, 0.5) is 0 Å². The van der Waals surface area contributed by atoms with Crippen molar-refractivity contribution in [1.29, 1.82) is 0 Å². The molecule has 0 radical (unpaired) electrons. The van der Waals surface area contributed by atoms with Crippen LogP contribution in [-0.4, -0.2) is 39.4 Å². The minimum Gasteiger partial charge on any atom is -0.351 e. The molecule has 1 N–H and O–H groups in total. The van der Waals surface area contributed by atoms with Gasteiger partial charge in [-0.2, -0.15) is 0 Å². The molecule has 0 bridgehead atoms. The minimum atomic E-state index is -0.926. The maximum Gasteiger partial charge on any atom is 0.271 e. The quantitative estimate of drug-likeness (QED) is 0.527. The Balaban J connectivity index is 1.45. The molecule has 2 amide bonds. The lowest BCUT2D eigenvalue weighted by Crippen LogP contribution is -2.65. The average Bonchev–Trinajstić information content (AvgIpc) is 3.30. The number of rotatable bonds is 6. The summed E-state index contributed by atoms with van der Waals surface area (Å²) in [5, 5.41) is 3.36. The van der Waals surface area contributed by atoms with Crippen LogP contribution < -0.4 is 5.32 Å². The largest absolute Gasteiger partial charge is 0.351 e. The van der Waals surface area contributed by atoms with Crippen molar-refractivity contribution in [2.75, 3.05) is 6.54 Å². The van der Waals surface area contributed by atoms with Gasteiger partial charge in [-0.05, 0) is 88.3 Å². The van der Waals surface area contributed by atoms with E-state index in [1.807, 2.05) is 42.2 Å². The fourth-order valence-corrected chi connectivity index (χ4v) is 6.12. The number of hydrogen-bond donors (Lipinski definition) is 1. The molecule has 1 fully saturated rings. The van der Waals surface area contributed by atoms with Crippen LogP contribution in [0.25, 0.3) is 11.3 Å². The second kappa shape index (κ2) is 10.0. The summed E-state index contributed by atoms with van der Waals surface area (Å²) in [4.78, 5) is 29.7. The van der Waals surface area contributed by atoms with Crippen LogP contribution in [0.5, 0.6) is 0 Å². The van der Waals surface area contributed by atoms with E-state index in [2.05, 4.69) is 35.0 Å². The molecule has 5 nitrogen and oxygen atoms in total. The molecule has 35 heavy (non-hydrogen) atoms. The summed E-state index contributed by atoms with van der Waals surface area (Å²) >= 11 is 0. The smallest absolute Gasteiger partial charge is 0.271 e. The molecular formula is C30H39N3O2. The third kappa shape index (κ3) is 4.82. The summed E-state index contributed by atoms with van der Waals surface area (Å²) in [5.74, 6) is 0.678. The van der Waals surface area contributed by atoms with E-state index in [1.165, 1.54) is 18.4 Å². The number of benzene rings is 1. The fraction of sp³-hybridized carbons (Fsp3) is 0.533. The lowest BCUT2D eigenvalue weighted by molar-refractivity contribution is -0.133. The number of nitrogens with zero attached hydrogens (tertiary/aromatic N) is 2. The number of carbonyl (C=O) groups excluding carboxylic acids is 2. The highest BCUT2D eigenvalue weighted by atomic mass is 16.2. The average molecular weight is 474 g/mol. The highest BCUT2D eigenvalue weighted by Gasteiger charge is 2.48. The van der Waals surface area contributed by atoms with Crippen LogP contribution in [0.1, 0.15) is 82.1 Å². The van der Waals surface area contributed by atoms with Crippen LogP contribution >= 0.6 is 0 Å². The summed E-state index contributed by atoms with van der Waals surface area (Å²) in [6.07, 6.45) is 12.3. The Labute approximate surface area is 209 Å². The van der Waals surface area contributed by atoms with E-state index in [1.54, 1.807) is 0 Å². The van der Waals surface area contributed by atoms with Crippen LogP contribution in [0, 0.1) is 5.92 Å². The van der Waals surface area contributed by atoms with Crippen molar-refractivity contribution in [3.8, 4) is 11.3 Å². The zero-order valence-corrected chi connectivity index (χ0v) is 21.3. The highest BCUT2D eigenvalue weighted by Crippen LogP contribution is 2.34. The van der Waals surface area contributed by atoms with Gasteiger partial charge in [-0.3, -0.25) is 9.59 Å². The maximum absolute atomic E-state index is 13.9. The minimum absolute atomic E-state index is 0.0126. The normalized spacial score (nSPS) is 26.7. The molecule has 2 aliphatic carbocycles. The molecule has 3 aliphatic rings. The van der Waals surface area contributed by atoms with E-state index in [9.17, 15) is 9.59 Å². The summed E-state index contributed by atoms with van der Waals surface area (Å²) in [5.41, 5.74) is 3.24. The van der Waals surface area contributed by atoms with Crippen molar-refractivity contribution in [2.45, 2.75) is 89.8 Å². The van der Waals surface area contributed by atoms with Crippen molar-refractivity contribution >= 4 is 11.8 Å². The van der Waals surface area contributed by atoms with Crippen LogP contribution in [0.15, 0.2) is 54.1 Å². The zero-order valence-electron chi connectivity index (χ0n) is 21.3. The fourth-order valence-electron chi connectivity index (χ4n) is 6.12. The number of allylic oxidation sites excluding steroid dienone is 1. The molecule has 1 saturated carbocycles. The molecule has 5 heteroatoms. The molecule has 0 saturated heterocycles. The molecule has 2 aromatic rings. The van der Waals surface area contributed by atoms with E-state index in [0.717, 1.165) is 62.1 Å². The van der Waals surface area contributed by atoms with E-state index >= 15 is 0 Å². The van der Waals surface area contributed by atoms with Gasteiger partial charge in [-0.25, -0.2) is 0 Å². The Kier molecular flexibility index (Phi) is 6.86. The monoisotopic (exact) mass is 473 g/mol. The van der Waals surface area contributed by atoms with E-state index in [4.69, 9.17) is 0 Å². The molecule has 1 atom stereocenters. The van der Waals surface area contributed by atoms with Gasteiger partial charge in [-0.15, -0.1) is 0 Å². The predicted molar refractivity (Wildman–Crippen MR) is 140 cm³/mol. The molecule has 186 valence electrons. The highest BCUT2D eigenvalue weighted by molar-refractivity contribution is 6.00. The number of fused-ring (bicyclic) bond motifs is 1. The third-order valence-corrected chi connectivity index (χ3v) is 8.46. The van der Waals surface area contributed by atoms with Gasteiger partial charge < -0.3 is 14.8 Å². The van der Waals surface area contributed by atoms with Crippen molar-refractivity contribution < 1.29 is 9.59 Å².